The van der Waals surface area contributed by atoms with Gasteiger partial charge in [0.05, 0.1) is 13.0 Å². The fraction of sp³-hybridized carbons (Fsp3) is 0.250. The monoisotopic (exact) mass is 304 g/mol. The number of rotatable bonds is 2. The Balaban J connectivity index is 1.93. The normalized spacial score (nSPS) is 13.5. The van der Waals surface area contributed by atoms with Crippen LogP contribution in [0.15, 0.2) is 30.6 Å². The highest BCUT2D eigenvalue weighted by molar-refractivity contribution is 5.96. The van der Waals surface area contributed by atoms with Crippen molar-refractivity contribution in [3.63, 3.8) is 0 Å². The van der Waals surface area contributed by atoms with Gasteiger partial charge in [-0.25, -0.2) is 8.78 Å². The molecule has 0 fully saturated rings. The Morgan fingerprint density at radius 3 is 2.86 bits per heavy atom. The van der Waals surface area contributed by atoms with Crippen molar-refractivity contribution < 1.29 is 18.3 Å². The summed E-state index contributed by atoms with van der Waals surface area (Å²) < 4.78 is 32.9. The number of hydrogen-bond acceptors (Lipinski definition) is 3. The molecule has 0 spiro atoms. The molecule has 0 saturated heterocycles. The Bertz CT molecular complexity index is 734. The lowest BCUT2D eigenvalue weighted by Crippen LogP contribution is -2.40. The number of pyridine rings is 1. The first-order valence-electron chi connectivity index (χ1n) is 6.88. The Kier molecular flexibility index (Phi) is 3.75. The zero-order valence-corrected chi connectivity index (χ0v) is 12.0. The van der Waals surface area contributed by atoms with Crippen molar-refractivity contribution in [2.24, 2.45) is 0 Å². The van der Waals surface area contributed by atoms with Crippen LogP contribution in [0, 0.1) is 18.6 Å². The molecular weight excluding hydrogens is 290 g/mol. The summed E-state index contributed by atoms with van der Waals surface area (Å²) in [5, 5.41) is 0. The van der Waals surface area contributed by atoms with Gasteiger partial charge in [-0.1, -0.05) is 0 Å². The average molecular weight is 304 g/mol. The van der Waals surface area contributed by atoms with E-state index in [1.54, 1.807) is 18.5 Å². The number of hydrogen-bond donors (Lipinski definition) is 0. The number of carbonyl (C=O) groups excluding carboxylic acids is 1. The molecule has 1 aliphatic rings. The molecule has 1 aliphatic heterocycles. The van der Waals surface area contributed by atoms with E-state index < -0.39 is 11.6 Å². The molecule has 0 unspecified atom stereocenters. The predicted molar refractivity (Wildman–Crippen MR) is 76.9 cm³/mol. The zero-order chi connectivity index (χ0) is 15.7. The number of amides is 1. The van der Waals surface area contributed by atoms with E-state index in [1.807, 2.05) is 6.92 Å². The van der Waals surface area contributed by atoms with Crippen molar-refractivity contribution in [2.75, 3.05) is 18.1 Å². The minimum absolute atomic E-state index is 0.0784. The summed E-state index contributed by atoms with van der Waals surface area (Å²) in [5.41, 5.74) is 1.56. The number of halogens is 2. The summed E-state index contributed by atoms with van der Waals surface area (Å²) in [4.78, 5) is 17.7. The fourth-order valence-corrected chi connectivity index (χ4v) is 2.45. The zero-order valence-electron chi connectivity index (χ0n) is 12.0. The van der Waals surface area contributed by atoms with Gasteiger partial charge in [0.2, 0.25) is 5.91 Å². The van der Waals surface area contributed by atoms with E-state index in [1.165, 1.54) is 4.90 Å². The first-order chi connectivity index (χ1) is 10.6. The number of aromatic nitrogens is 1. The second-order valence-electron chi connectivity index (χ2n) is 5.08. The van der Waals surface area contributed by atoms with Crippen LogP contribution in [0.2, 0.25) is 0 Å². The van der Waals surface area contributed by atoms with Gasteiger partial charge in [-0.15, -0.1) is 0 Å². The molecule has 0 bridgehead atoms. The van der Waals surface area contributed by atoms with Crippen molar-refractivity contribution in [3.05, 3.63) is 53.4 Å². The van der Waals surface area contributed by atoms with Crippen molar-refractivity contribution in [3.8, 4) is 5.75 Å². The summed E-state index contributed by atoms with van der Waals surface area (Å²) in [6.45, 7) is 2.19. The first-order valence-corrected chi connectivity index (χ1v) is 6.88. The number of ether oxygens (including phenoxy) is 1. The molecule has 0 N–H and O–H groups in total. The van der Waals surface area contributed by atoms with Crippen LogP contribution in [-0.2, 0) is 11.2 Å². The standard InChI is InChI=1S/C16H14F2N2O2/c1-10-4-5-19-9-11(10)8-14(21)20-6-7-22-16-13(18)3-2-12(17)15(16)20/h2-5,9H,6-8H2,1H3. The third-order valence-electron chi connectivity index (χ3n) is 3.66. The van der Waals surface area contributed by atoms with E-state index >= 15 is 0 Å². The molecule has 22 heavy (non-hydrogen) atoms. The van der Waals surface area contributed by atoms with Gasteiger partial charge in [0.25, 0.3) is 0 Å². The van der Waals surface area contributed by atoms with E-state index in [0.29, 0.717) is 0 Å². The molecule has 4 nitrogen and oxygen atoms in total. The van der Waals surface area contributed by atoms with Crippen LogP contribution in [0.3, 0.4) is 0 Å². The fourth-order valence-electron chi connectivity index (χ4n) is 2.45. The summed E-state index contributed by atoms with van der Waals surface area (Å²) in [7, 11) is 0. The molecule has 6 heteroatoms. The maximum atomic E-state index is 14.0. The maximum Gasteiger partial charge on any atom is 0.231 e. The summed E-state index contributed by atoms with van der Waals surface area (Å²) in [6.07, 6.45) is 3.33. The van der Waals surface area contributed by atoms with Crippen LogP contribution in [0.25, 0.3) is 0 Å². The van der Waals surface area contributed by atoms with Gasteiger partial charge in [-0.3, -0.25) is 9.78 Å². The number of anilines is 1. The molecule has 1 amide bonds. The van der Waals surface area contributed by atoms with Crippen molar-refractivity contribution >= 4 is 11.6 Å². The summed E-state index contributed by atoms with van der Waals surface area (Å²) in [6, 6.07) is 3.79. The Morgan fingerprint density at radius 2 is 2.09 bits per heavy atom. The Hall–Kier alpha value is -2.50. The minimum Gasteiger partial charge on any atom is -0.486 e. The van der Waals surface area contributed by atoms with Gasteiger partial charge >= 0.3 is 0 Å². The summed E-state index contributed by atoms with van der Waals surface area (Å²) in [5.74, 6) is -1.87. The van der Waals surface area contributed by atoms with Gasteiger partial charge in [0.1, 0.15) is 12.3 Å². The van der Waals surface area contributed by atoms with Crippen molar-refractivity contribution in [1.82, 2.24) is 4.98 Å². The lowest BCUT2D eigenvalue weighted by Gasteiger charge is -2.30. The molecule has 114 valence electrons. The van der Waals surface area contributed by atoms with Crippen molar-refractivity contribution in [2.45, 2.75) is 13.3 Å². The molecule has 2 heterocycles. The van der Waals surface area contributed by atoms with Crippen LogP contribution in [0.4, 0.5) is 14.5 Å². The van der Waals surface area contributed by atoms with Gasteiger partial charge < -0.3 is 9.64 Å². The van der Waals surface area contributed by atoms with Gasteiger partial charge in [0, 0.05) is 12.4 Å². The predicted octanol–water partition coefficient (Wildman–Crippen LogP) is 2.64. The lowest BCUT2D eigenvalue weighted by atomic mass is 10.1. The second kappa shape index (κ2) is 5.71. The molecule has 1 aromatic heterocycles. The molecular formula is C16H14F2N2O2. The Morgan fingerprint density at radius 1 is 1.32 bits per heavy atom. The Labute approximate surface area is 126 Å². The number of fused-ring (bicyclic) bond motifs is 1. The van der Waals surface area contributed by atoms with Crippen LogP contribution in [-0.4, -0.2) is 24.0 Å². The molecule has 0 aliphatic carbocycles. The minimum atomic E-state index is -0.675. The van der Waals surface area contributed by atoms with Gasteiger partial charge in [0.15, 0.2) is 17.4 Å². The highest BCUT2D eigenvalue weighted by Gasteiger charge is 2.29. The topological polar surface area (TPSA) is 42.4 Å². The first kappa shape index (κ1) is 14.4. The molecule has 0 saturated carbocycles. The van der Waals surface area contributed by atoms with Gasteiger partial charge in [-0.05, 0) is 36.2 Å². The van der Waals surface area contributed by atoms with E-state index in [0.717, 1.165) is 23.3 Å². The number of nitrogens with zero attached hydrogens (tertiary/aromatic N) is 2. The largest absolute Gasteiger partial charge is 0.486 e. The molecule has 2 aromatic rings. The molecule has 0 atom stereocenters. The number of benzene rings is 1. The van der Waals surface area contributed by atoms with Crippen LogP contribution in [0.5, 0.6) is 5.75 Å². The molecule has 0 radical (unpaired) electrons. The third kappa shape index (κ3) is 2.52. The van der Waals surface area contributed by atoms with Crippen LogP contribution < -0.4 is 9.64 Å². The number of carbonyl (C=O) groups is 1. The van der Waals surface area contributed by atoms with Crippen LogP contribution in [0.1, 0.15) is 11.1 Å². The second-order valence-corrected chi connectivity index (χ2v) is 5.08. The maximum absolute atomic E-state index is 14.0. The van der Waals surface area contributed by atoms with E-state index in [4.69, 9.17) is 4.74 Å². The van der Waals surface area contributed by atoms with E-state index in [2.05, 4.69) is 4.98 Å². The quantitative estimate of drug-likeness (QED) is 0.856. The summed E-state index contributed by atoms with van der Waals surface area (Å²) >= 11 is 0. The SMILES string of the molecule is Cc1ccncc1CC(=O)N1CCOc2c(F)ccc(F)c21. The van der Waals surface area contributed by atoms with Crippen molar-refractivity contribution in [1.29, 1.82) is 0 Å². The average Bonchev–Trinajstić information content (AvgIpc) is 2.53. The van der Waals surface area contributed by atoms with E-state index in [-0.39, 0.29) is 36.9 Å². The molecule has 1 aromatic carbocycles. The van der Waals surface area contributed by atoms with Gasteiger partial charge in [-0.2, -0.15) is 0 Å². The van der Waals surface area contributed by atoms with E-state index in [9.17, 15) is 13.6 Å². The molecule has 3 rings (SSSR count). The lowest BCUT2D eigenvalue weighted by molar-refractivity contribution is -0.118. The highest BCUT2D eigenvalue weighted by Crippen LogP contribution is 2.36. The highest BCUT2D eigenvalue weighted by atomic mass is 19.1. The number of aryl methyl sites for hydroxylation is 1. The third-order valence-corrected chi connectivity index (χ3v) is 3.66. The smallest absolute Gasteiger partial charge is 0.231 e. The van der Waals surface area contributed by atoms with Crippen LogP contribution >= 0.6 is 0 Å².